The Kier molecular flexibility index (Phi) is 11.4. The lowest BCUT2D eigenvalue weighted by atomic mass is 10.1. The van der Waals surface area contributed by atoms with Gasteiger partial charge in [0, 0.05) is 11.6 Å². The summed E-state index contributed by atoms with van der Waals surface area (Å²) in [4.78, 5) is 18.2. The summed E-state index contributed by atoms with van der Waals surface area (Å²) >= 11 is 6.10. The molecule has 2 aromatic carbocycles. The molecule has 0 fully saturated rings. The molecule has 3 N–H and O–H groups in total. The van der Waals surface area contributed by atoms with E-state index >= 15 is 0 Å². The van der Waals surface area contributed by atoms with E-state index in [9.17, 15) is 0 Å². The molecule has 0 unspecified atom stereocenters. The first-order valence-electron chi connectivity index (χ1n) is 9.06. The van der Waals surface area contributed by atoms with E-state index in [4.69, 9.17) is 36.1 Å². The molecule has 0 aliphatic carbocycles. The highest BCUT2D eigenvalue weighted by molar-refractivity contribution is 6.31. The summed E-state index contributed by atoms with van der Waals surface area (Å²) in [5.74, 6) is -2.73. The number of unbranched alkanes of at least 4 members (excludes halogenated alkanes) is 1. The van der Waals surface area contributed by atoms with E-state index in [0.29, 0.717) is 0 Å². The molecule has 0 saturated heterocycles. The van der Waals surface area contributed by atoms with Gasteiger partial charge in [-0.15, -0.1) is 0 Å². The van der Waals surface area contributed by atoms with Crippen LogP contribution in [0, 0.1) is 0 Å². The van der Waals surface area contributed by atoms with Gasteiger partial charge in [-0.2, -0.15) is 0 Å². The van der Waals surface area contributed by atoms with Crippen molar-refractivity contribution in [2.75, 3.05) is 13.2 Å². The molecule has 2 aromatic rings. The molecule has 0 heterocycles. The van der Waals surface area contributed by atoms with Gasteiger partial charge in [-0.25, -0.2) is 9.59 Å². The van der Waals surface area contributed by atoms with Crippen LogP contribution in [0.4, 0.5) is 0 Å². The summed E-state index contributed by atoms with van der Waals surface area (Å²) in [6.45, 7) is 4.79. The maximum absolute atomic E-state index is 9.10. The normalized spacial score (nSPS) is 9.93. The fraction of sp³-hybridized carbons (Fsp3) is 0.333. The van der Waals surface area contributed by atoms with Crippen molar-refractivity contribution in [1.29, 1.82) is 0 Å². The molecule has 0 amide bonds. The standard InChI is InChI=1S/C19H24ClNO.C2H2O4/c1-2-17-14-18(10-11-19(17)20)22-13-7-6-12-21-15-16-8-4-3-5-9-16;3-1(4)2(5)6/h3-5,8-11,14,21H,2,6-7,12-13,15H2,1H3;(H,3,4)(H,5,6). The largest absolute Gasteiger partial charge is 0.494 e. The summed E-state index contributed by atoms with van der Waals surface area (Å²) in [5, 5.41) is 19.1. The third kappa shape index (κ3) is 9.94. The van der Waals surface area contributed by atoms with Gasteiger partial charge in [0.05, 0.1) is 6.61 Å². The molecule has 0 saturated carbocycles. The third-order valence-corrected chi connectivity index (χ3v) is 4.14. The molecule has 0 spiro atoms. The Balaban J connectivity index is 0.000000568. The Morgan fingerprint density at radius 1 is 1.04 bits per heavy atom. The van der Waals surface area contributed by atoms with Crippen LogP contribution in [0.15, 0.2) is 48.5 Å². The minimum absolute atomic E-state index is 0.748. The number of halogens is 1. The number of benzene rings is 2. The van der Waals surface area contributed by atoms with Crippen LogP contribution in [0.25, 0.3) is 0 Å². The van der Waals surface area contributed by atoms with Crippen molar-refractivity contribution >= 4 is 23.5 Å². The predicted molar refractivity (Wildman–Crippen MR) is 109 cm³/mol. The lowest BCUT2D eigenvalue weighted by molar-refractivity contribution is -0.159. The van der Waals surface area contributed by atoms with Crippen LogP contribution in [-0.4, -0.2) is 35.3 Å². The number of carbonyl (C=O) groups is 2. The van der Waals surface area contributed by atoms with E-state index in [-0.39, 0.29) is 0 Å². The van der Waals surface area contributed by atoms with E-state index in [1.54, 1.807) is 0 Å². The number of rotatable bonds is 9. The average Bonchev–Trinajstić information content (AvgIpc) is 2.69. The van der Waals surface area contributed by atoms with E-state index < -0.39 is 11.9 Å². The molecule has 7 heteroatoms. The molecule has 152 valence electrons. The van der Waals surface area contributed by atoms with Crippen molar-refractivity contribution in [3.8, 4) is 5.75 Å². The van der Waals surface area contributed by atoms with Crippen LogP contribution in [0.3, 0.4) is 0 Å². The van der Waals surface area contributed by atoms with Gasteiger partial charge in [0.2, 0.25) is 0 Å². The highest BCUT2D eigenvalue weighted by Gasteiger charge is 2.04. The van der Waals surface area contributed by atoms with Crippen molar-refractivity contribution in [3.63, 3.8) is 0 Å². The van der Waals surface area contributed by atoms with Crippen LogP contribution >= 0.6 is 11.6 Å². The van der Waals surface area contributed by atoms with Crippen LogP contribution in [0.5, 0.6) is 5.75 Å². The first kappa shape index (κ1) is 23.5. The minimum Gasteiger partial charge on any atom is -0.494 e. The van der Waals surface area contributed by atoms with E-state index in [2.05, 4.69) is 36.5 Å². The Bertz CT molecular complexity index is 725. The van der Waals surface area contributed by atoms with Gasteiger partial charge in [-0.05, 0) is 55.1 Å². The van der Waals surface area contributed by atoms with Crippen molar-refractivity contribution in [2.24, 2.45) is 0 Å². The minimum atomic E-state index is -1.82. The molecular weight excluding hydrogens is 382 g/mol. The Labute approximate surface area is 170 Å². The fourth-order valence-corrected chi connectivity index (χ4v) is 2.53. The molecule has 6 nitrogen and oxygen atoms in total. The van der Waals surface area contributed by atoms with Crippen molar-refractivity contribution in [2.45, 2.75) is 32.7 Å². The van der Waals surface area contributed by atoms with Crippen molar-refractivity contribution in [3.05, 3.63) is 64.7 Å². The topological polar surface area (TPSA) is 95.9 Å². The van der Waals surface area contributed by atoms with Gasteiger partial charge in [-0.3, -0.25) is 0 Å². The maximum atomic E-state index is 9.10. The zero-order valence-electron chi connectivity index (χ0n) is 15.9. The smallest absolute Gasteiger partial charge is 0.414 e. The number of aryl methyl sites for hydroxylation is 1. The van der Waals surface area contributed by atoms with E-state index in [1.165, 1.54) is 5.56 Å². The van der Waals surface area contributed by atoms with E-state index in [1.807, 2.05) is 24.3 Å². The molecule has 0 aromatic heterocycles. The summed E-state index contributed by atoms with van der Waals surface area (Å²) in [6.07, 6.45) is 3.09. The van der Waals surface area contributed by atoms with Gasteiger partial charge in [0.1, 0.15) is 5.75 Å². The Morgan fingerprint density at radius 3 is 2.32 bits per heavy atom. The quantitative estimate of drug-likeness (QED) is 0.429. The number of aliphatic carboxylic acids is 2. The summed E-state index contributed by atoms with van der Waals surface area (Å²) < 4.78 is 5.78. The zero-order valence-corrected chi connectivity index (χ0v) is 16.6. The van der Waals surface area contributed by atoms with Crippen LogP contribution in [-0.2, 0) is 22.6 Å². The van der Waals surface area contributed by atoms with Crippen LogP contribution < -0.4 is 10.1 Å². The van der Waals surface area contributed by atoms with Crippen molar-refractivity contribution in [1.82, 2.24) is 5.32 Å². The number of carboxylic acid groups (broad SMARTS) is 2. The number of hydrogen-bond acceptors (Lipinski definition) is 4. The lowest BCUT2D eigenvalue weighted by Gasteiger charge is -2.09. The number of hydrogen-bond donors (Lipinski definition) is 3. The number of ether oxygens (including phenoxy) is 1. The van der Waals surface area contributed by atoms with Gasteiger partial charge < -0.3 is 20.3 Å². The second kappa shape index (κ2) is 13.6. The van der Waals surface area contributed by atoms with Gasteiger partial charge in [0.15, 0.2) is 0 Å². The Morgan fingerprint density at radius 2 is 1.71 bits per heavy atom. The fourth-order valence-electron chi connectivity index (χ4n) is 2.28. The molecular formula is C21H26ClNO5. The molecule has 0 atom stereocenters. The predicted octanol–water partition coefficient (Wildman–Crippen LogP) is 4.01. The second-order valence-electron chi connectivity index (χ2n) is 5.94. The van der Waals surface area contributed by atoms with Crippen LogP contribution in [0.1, 0.15) is 30.9 Å². The third-order valence-electron chi connectivity index (χ3n) is 3.77. The molecule has 0 bridgehead atoms. The van der Waals surface area contributed by atoms with Gasteiger partial charge in [0.25, 0.3) is 0 Å². The molecule has 2 rings (SSSR count). The maximum Gasteiger partial charge on any atom is 0.414 e. The second-order valence-corrected chi connectivity index (χ2v) is 6.34. The molecule has 28 heavy (non-hydrogen) atoms. The highest BCUT2D eigenvalue weighted by Crippen LogP contribution is 2.22. The lowest BCUT2D eigenvalue weighted by Crippen LogP contribution is -2.15. The highest BCUT2D eigenvalue weighted by atomic mass is 35.5. The van der Waals surface area contributed by atoms with Crippen molar-refractivity contribution < 1.29 is 24.5 Å². The Hall–Kier alpha value is -2.57. The first-order chi connectivity index (χ1) is 13.4. The number of nitrogens with one attached hydrogen (secondary N) is 1. The van der Waals surface area contributed by atoms with E-state index in [0.717, 1.165) is 55.3 Å². The molecule has 0 aliphatic rings. The summed E-state index contributed by atoms with van der Waals surface area (Å²) in [7, 11) is 0. The van der Waals surface area contributed by atoms with Crippen LogP contribution in [0.2, 0.25) is 5.02 Å². The summed E-state index contributed by atoms with van der Waals surface area (Å²) in [6, 6.07) is 16.4. The number of carboxylic acids is 2. The SMILES string of the molecule is CCc1cc(OCCCCNCc2ccccc2)ccc1Cl.O=C(O)C(=O)O. The average molecular weight is 408 g/mol. The molecule has 0 aliphatic heterocycles. The molecule has 0 radical (unpaired) electrons. The first-order valence-corrected chi connectivity index (χ1v) is 9.44. The van der Waals surface area contributed by atoms with Gasteiger partial charge in [-0.1, -0.05) is 48.9 Å². The zero-order chi connectivity index (χ0) is 20.8. The van der Waals surface area contributed by atoms with Gasteiger partial charge >= 0.3 is 11.9 Å². The monoisotopic (exact) mass is 407 g/mol. The summed E-state index contributed by atoms with van der Waals surface area (Å²) in [5.41, 5.74) is 2.47.